The Morgan fingerprint density at radius 2 is 2.04 bits per heavy atom. The normalized spacial score (nSPS) is 11.0. The first kappa shape index (κ1) is 18.0. The summed E-state index contributed by atoms with van der Waals surface area (Å²) in [7, 11) is 0. The van der Waals surface area contributed by atoms with Gasteiger partial charge in [0.05, 0.1) is 22.0 Å². The molecule has 0 atom stereocenters. The van der Waals surface area contributed by atoms with Gasteiger partial charge >= 0.3 is 0 Å². The van der Waals surface area contributed by atoms with E-state index in [1.807, 2.05) is 5.40 Å². The third kappa shape index (κ3) is 3.72. The van der Waals surface area contributed by atoms with Crippen molar-refractivity contribution in [2.24, 2.45) is 4.99 Å². The highest BCUT2D eigenvalue weighted by Gasteiger charge is 2.11. The fraction of sp³-hybridized carbons (Fsp3) is 0.0556. The van der Waals surface area contributed by atoms with Crippen LogP contribution in [0.3, 0.4) is 0 Å². The van der Waals surface area contributed by atoms with Crippen LogP contribution in [0.2, 0.25) is 5.02 Å². The summed E-state index contributed by atoms with van der Waals surface area (Å²) in [5.74, 6) is -0.373. The quantitative estimate of drug-likeness (QED) is 0.405. The second-order valence-corrected chi connectivity index (χ2v) is 6.57. The summed E-state index contributed by atoms with van der Waals surface area (Å²) in [5.41, 5.74) is 1.82. The maximum atomic E-state index is 13.1. The van der Waals surface area contributed by atoms with Gasteiger partial charge in [-0.2, -0.15) is 5.26 Å². The standard InChI is InChI=1S/C18H12ClFN4OS/c1-11-15(9-22-13-4-7-17(26-10-21)16(19)8-13)18(25)24(23-11)14-5-2-12(20)3-6-14/h2-9,23H,1H3. The van der Waals surface area contributed by atoms with Crippen LogP contribution in [0.5, 0.6) is 0 Å². The third-order valence-corrected chi connectivity index (χ3v) is 4.71. The summed E-state index contributed by atoms with van der Waals surface area (Å²) < 4.78 is 14.4. The van der Waals surface area contributed by atoms with Gasteiger partial charge in [0.15, 0.2) is 0 Å². The monoisotopic (exact) mass is 386 g/mol. The van der Waals surface area contributed by atoms with Crippen LogP contribution >= 0.6 is 23.4 Å². The van der Waals surface area contributed by atoms with E-state index < -0.39 is 0 Å². The molecule has 1 heterocycles. The van der Waals surface area contributed by atoms with Crippen molar-refractivity contribution in [3.05, 3.63) is 74.9 Å². The molecule has 2 aromatic carbocycles. The minimum absolute atomic E-state index is 0.291. The number of hydrogen-bond acceptors (Lipinski definition) is 4. The van der Waals surface area contributed by atoms with Crippen molar-refractivity contribution in [2.75, 3.05) is 0 Å². The van der Waals surface area contributed by atoms with Crippen molar-refractivity contribution in [3.63, 3.8) is 0 Å². The lowest BCUT2D eigenvalue weighted by atomic mass is 10.2. The molecule has 0 saturated carbocycles. The average Bonchev–Trinajstić information content (AvgIpc) is 2.90. The Bertz CT molecular complexity index is 1080. The number of H-pyrrole nitrogens is 1. The van der Waals surface area contributed by atoms with Crippen LogP contribution in [-0.2, 0) is 0 Å². The van der Waals surface area contributed by atoms with E-state index in [2.05, 4.69) is 10.1 Å². The van der Waals surface area contributed by atoms with Crippen LogP contribution in [0.15, 0.2) is 57.1 Å². The van der Waals surface area contributed by atoms with Crippen molar-refractivity contribution in [3.8, 4) is 11.1 Å². The van der Waals surface area contributed by atoms with E-state index in [1.54, 1.807) is 25.1 Å². The largest absolute Gasteiger partial charge is 0.295 e. The number of nitrogens with one attached hydrogen (secondary N) is 1. The van der Waals surface area contributed by atoms with Crippen molar-refractivity contribution in [1.82, 2.24) is 9.78 Å². The first-order valence-corrected chi connectivity index (χ1v) is 8.66. The molecule has 0 spiro atoms. The molecule has 3 aromatic rings. The smallest absolute Gasteiger partial charge is 0.280 e. The molecule has 0 aliphatic heterocycles. The second-order valence-electron chi connectivity index (χ2n) is 5.33. The number of nitriles is 1. The fourth-order valence-electron chi connectivity index (χ4n) is 2.32. The minimum atomic E-state index is -0.373. The number of aliphatic imine (C=N–C) groups is 1. The molecule has 0 amide bonds. The highest BCUT2D eigenvalue weighted by molar-refractivity contribution is 8.03. The third-order valence-electron chi connectivity index (χ3n) is 3.62. The SMILES string of the molecule is Cc1[nH]n(-c2ccc(F)cc2)c(=O)c1C=Nc1ccc(SC#N)c(Cl)c1. The molecule has 1 aromatic heterocycles. The van der Waals surface area contributed by atoms with Gasteiger partial charge in [0.25, 0.3) is 5.56 Å². The van der Waals surface area contributed by atoms with E-state index >= 15 is 0 Å². The molecule has 0 fully saturated rings. The maximum Gasteiger partial charge on any atom is 0.280 e. The Morgan fingerprint density at radius 1 is 1.31 bits per heavy atom. The van der Waals surface area contributed by atoms with Gasteiger partial charge in [-0.05, 0) is 61.2 Å². The van der Waals surface area contributed by atoms with E-state index in [-0.39, 0.29) is 11.4 Å². The second kappa shape index (κ2) is 7.60. The van der Waals surface area contributed by atoms with Crippen LogP contribution < -0.4 is 5.56 Å². The Kier molecular flexibility index (Phi) is 5.26. The topological polar surface area (TPSA) is 73.9 Å². The number of benzene rings is 2. The molecule has 0 aliphatic carbocycles. The molecular weight excluding hydrogens is 375 g/mol. The number of hydrogen-bond donors (Lipinski definition) is 1. The van der Waals surface area contributed by atoms with Crippen LogP contribution in [0, 0.1) is 23.4 Å². The Hall–Kier alpha value is -2.82. The predicted molar refractivity (Wildman–Crippen MR) is 101 cm³/mol. The van der Waals surface area contributed by atoms with Gasteiger partial charge in [0.1, 0.15) is 11.2 Å². The highest BCUT2D eigenvalue weighted by atomic mass is 35.5. The van der Waals surface area contributed by atoms with Gasteiger partial charge in [-0.1, -0.05) is 11.6 Å². The summed E-state index contributed by atoms with van der Waals surface area (Å²) in [6, 6.07) is 10.6. The Morgan fingerprint density at radius 3 is 2.69 bits per heavy atom. The number of thiocyanates is 1. The molecule has 26 heavy (non-hydrogen) atoms. The Labute approximate surface area is 157 Å². The number of aromatic nitrogens is 2. The molecule has 0 aliphatic rings. The molecule has 0 unspecified atom stereocenters. The number of nitrogens with zero attached hydrogens (tertiary/aromatic N) is 3. The molecule has 8 heteroatoms. The van der Waals surface area contributed by atoms with Crippen molar-refractivity contribution < 1.29 is 4.39 Å². The van der Waals surface area contributed by atoms with Gasteiger partial charge in [0, 0.05) is 16.8 Å². The number of aryl methyl sites for hydroxylation is 1. The van der Waals surface area contributed by atoms with E-state index in [9.17, 15) is 9.18 Å². The molecule has 1 N–H and O–H groups in total. The number of thioether (sulfide) groups is 1. The van der Waals surface area contributed by atoms with E-state index in [0.29, 0.717) is 32.6 Å². The summed E-state index contributed by atoms with van der Waals surface area (Å²) in [5, 5.41) is 14.0. The number of aromatic amines is 1. The van der Waals surface area contributed by atoms with Crippen molar-refractivity contribution >= 4 is 35.3 Å². The zero-order chi connectivity index (χ0) is 18.7. The molecule has 5 nitrogen and oxygen atoms in total. The van der Waals surface area contributed by atoms with Gasteiger partial charge in [-0.3, -0.25) is 14.9 Å². The predicted octanol–water partition coefficient (Wildman–Crippen LogP) is 4.59. The molecule has 130 valence electrons. The minimum Gasteiger partial charge on any atom is -0.295 e. The van der Waals surface area contributed by atoms with Crippen LogP contribution in [-0.4, -0.2) is 16.0 Å². The van der Waals surface area contributed by atoms with E-state index in [4.69, 9.17) is 16.9 Å². The van der Waals surface area contributed by atoms with Gasteiger partial charge in [-0.15, -0.1) is 0 Å². The molecule has 3 rings (SSSR count). The fourth-order valence-corrected chi connectivity index (χ4v) is 3.01. The zero-order valence-corrected chi connectivity index (χ0v) is 15.1. The van der Waals surface area contributed by atoms with Crippen LogP contribution in [0.1, 0.15) is 11.3 Å². The van der Waals surface area contributed by atoms with Crippen molar-refractivity contribution in [2.45, 2.75) is 11.8 Å². The van der Waals surface area contributed by atoms with Crippen LogP contribution in [0.25, 0.3) is 5.69 Å². The lowest BCUT2D eigenvalue weighted by Crippen LogP contribution is -2.17. The molecule has 0 bridgehead atoms. The zero-order valence-electron chi connectivity index (χ0n) is 13.5. The lowest BCUT2D eigenvalue weighted by Gasteiger charge is -2.00. The lowest BCUT2D eigenvalue weighted by molar-refractivity contribution is 0.627. The first-order valence-electron chi connectivity index (χ1n) is 7.46. The highest BCUT2D eigenvalue weighted by Crippen LogP contribution is 2.30. The summed E-state index contributed by atoms with van der Waals surface area (Å²) >= 11 is 7.07. The van der Waals surface area contributed by atoms with Gasteiger partial charge in [-0.25, -0.2) is 9.07 Å². The number of halogens is 2. The molecule has 0 saturated heterocycles. The number of rotatable bonds is 4. The molecular formula is C18H12ClFN4OS. The van der Waals surface area contributed by atoms with E-state index in [1.165, 1.54) is 35.2 Å². The van der Waals surface area contributed by atoms with Gasteiger partial charge < -0.3 is 0 Å². The summed E-state index contributed by atoms with van der Waals surface area (Å²) in [6.07, 6.45) is 1.46. The Balaban J connectivity index is 1.92. The van der Waals surface area contributed by atoms with Gasteiger partial charge in [0.2, 0.25) is 0 Å². The maximum absolute atomic E-state index is 13.1. The molecule has 0 radical (unpaired) electrons. The van der Waals surface area contributed by atoms with Crippen molar-refractivity contribution in [1.29, 1.82) is 5.26 Å². The summed E-state index contributed by atoms with van der Waals surface area (Å²) in [4.78, 5) is 17.5. The van der Waals surface area contributed by atoms with E-state index in [0.717, 1.165) is 11.8 Å². The first-order chi connectivity index (χ1) is 12.5. The van der Waals surface area contributed by atoms with Crippen LogP contribution in [0.4, 0.5) is 10.1 Å². The average molecular weight is 387 g/mol. The summed E-state index contributed by atoms with van der Waals surface area (Å²) in [6.45, 7) is 1.75.